The van der Waals surface area contributed by atoms with Crippen LogP contribution >= 0.6 is 0 Å². The van der Waals surface area contributed by atoms with Gasteiger partial charge in [-0.25, -0.2) is 9.97 Å². The third-order valence-corrected chi connectivity index (χ3v) is 1.64. The fraction of sp³-hybridized carbons (Fsp3) is 0.400. The number of hydrogen-bond acceptors (Lipinski definition) is 4. The zero-order chi connectivity index (χ0) is 10.1. The normalized spacial score (nSPS) is 10.9. The van der Waals surface area contributed by atoms with Crippen LogP contribution in [0.2, 0.25) is 0 Å². The molecule has 1 N–H and O–H groups in total. The van der Waals surface area contributed by atoms with E-state index in [9.17, 15) is 0 Å². The lowest BCUT2D eigenvalue weighted by molar-refractivity contribution is 0.200. The molecule has 1 aromatic heterocycles. The largest absolute Gasteiger partial charge is 0.383 e. The third kappa shape index (κ3) is 4.69. The lowest BCUT2D eigenvalue weighted by Crippen LogP contribution is -2.18. The molecule has 0 spiro atoms. The first-order chi connectivity index (χ1) is 6.93. The zero-order valence-electron chi connectivity index (χ0n) is 8.31. The molecule has 0 saturated carbocycles. The van der Waals surface area contributed by atoms with Crippen LogP contribution < -0.4 is 5.32 Å². The summed E-state index contributed by atoms with van der Waals surface area (Å²) in [4.78, 5) is 7.90. The van der Waals surface area contributed by atoms with Crippen molar-refractivity contribution in [1.82, 2.24) is 15.3 Å². The average molecular weight is 193 g/mol. The van der Waals surface area contributed by atoms with Crippen LogP contribution in [-0.2, 0) is 4.74 Å². The van der Waals surface area contributed by atoms with Crippen LogP contribution in [0.25, 0.3) is 6.08 Å². The number of aromatic nitrogens is 2. The predicted molar refractivity (Wildman–Crippen MR) is 55.8 cm³/mol. The summed E-state index contributed by atoms with van der Waals surface area (Å²) in [5, 5.41) is 3.20. The Bertz CT molecular complexity index is 261. The maximum Gasteiger partial charge on any atom is 0.115 e. The molecule has 0 unspecified atom stereocenters. The van der Waals surface area contributed by atoms with Crippen LogP contribution in [0.4, 0.5) is 0 Å². The molecule has 1 aromatic rings. The Hall–Kier alpha value is -1.26. The number of methoxy groups -OCH3 is 1. The van der Waals surface area contributed by atoms with Gasteiger partial charge in [-0.15, -0.1) is 0 Å². The van der Waals surface area contributed by atoms with Crippen LogP contribution in [0.15, 0.2) is 24.7 Å². The van der Waals surface area contributed by atoms with Gasteiger partial charge in [0.15, 0.2) is 0 Å². The molecule has 4 nitrogen and oxygen atoms in total. The summed E-state index contributed by atoms with van der Waals surface area (Å²) in [5.74, 6) is 0. The number of ether oxygens (including phenoxy) is 1. The van der Waals surface area contributed by atoms with Crippen molar-refractivity contribution in [2.75, 3.05) is 26.8 Å². The monoisotopic (exact) mass is 193 g/mol. The van der Waals surface area contributed by atoms with Gasteiger partial charge in [-0.2, -0.15) is 0 Å². The lowest BCUT2D eigenvalue weighted by atomic mass is 10.3. The van der Waals surface area contributed by atoms with Crippen molar-refractivity contribution in [3.8, 4) is 0 Å². The second-order valence-corrected chi connectivity index (χ2v) is 2.73. The molecule has 0 aliphatic rings. The third-order valence-electron chi connectivity index (χ3n) is 1.64. The molecule has 0 amide bonds. The molecule has 0 saturated heterocycles. The highest BCUT2D eigenvalue weighted by Gasteiger charge is 1.85. The summed E-state index contributed by atoms with van der Waals surface area (Å²) in [6.07, 6.45) is 7.25. The van der Waals surface area contributed by atoms with Gasteiger partial charge in [0, 0.05) is 26.4 Å². The summed E-state index contributed by atoms with van der Waals surface area (Å²) in [7, 11) is 1.69. The molecule has 0 atom stereocenters. The highest BCUT2D eigenvalue weighted by Crippen LogP contribution is 1.92. The highest BCUT2D eigenvalue weighted by atomic mass is 16.5. The van der Waals surface area contributed by atoms with Crippen LogP contribution in [-0.4, -0.2) is 36.8 Å². The summed E-state index contributed by atoms with van der Waals surface area (Å²) < 4.78 is 4.90. The Balaban J connectivity index is 2.15. The van der Waals surface area contributed by atoms with Gasteiger partial charge in [-0.05, 0) is 12.1 Å². The molecule has 0 fully saturated rings. The molecular weight excluding hydrogens is 178 g/mol. The van der Waals surface area contributed by atoms with Crippen LogP contribution in [0.3, 0.4) is 0 Å². The fourth-order valence-corrected chi connectivity index (χ4v) is 0.939. The number of hydrogen-bond donors (Lipinski definition) is 1. The molecule has 0 radical (unpaired) electrons. The van der Waals surface area contributed by atoms with Gasteiger partial charge in [0.05, 0.1) is 12.3 Å². The first-order valence-corrected chi connectivity index (χ1v) is 4.55. The smallest absolute Gasteiger partial charge is 0.115 e. The van der Waals surface area contributed by atoms with E-state index in [4.69, 9.17) is 4.74 Å². The minimum atomic E-state index is 0.737. The zero-order valence-corrected chi connectivity index (χ0v) is 8.31. The van der Waals surface area contributed by atoms with Crippen molar-refractivity contribution in [1.29, 1.82) is 0 Å². The molecule has 0 aromatic carbocycles. The predicted octanol–water partition coefficient (Wildman–Crippen LogP) is 0.726. The molecule has 0 aliphatic carbocycles. The second kappa shape index (κ2) is 7.17. The summed E-state index contributed by atoms with van der Waals surface area (Å²) >= 11 is 0. The Kier molecular flexibility index (Phi) is 5.54. The highest BCUT2D eigenvalue weighted by molar-refractivity contribution is 5.43. The SMILES string of the molecule is COCCNCC=Cc1ccncn1. The van der Waals surface area contributed by atoms with Crippen molar-refractivity contribution in [3.05, 3.63) is 30.4 Å². The molecule has 1 heterocycles. The van der Waals surface area contributed by atoms with Gasteiger partial charge in [0.1, 0.15) is 6.33 Å². The molecule has 76 valence electrons. The number of nitrogens with one attached hydrogen (secondary N) is 1. The standard InChI is InChI=1S/C10H15N3O/c1-14-8-7-11-5-2-3-10-4-6-12-9-13-10/h2-4,6,9,11H,5,7-8H2,1H3. The Morgan fingerprint density at radius 2 is 2.50 bits per heavy atom. The minimum Gasteiger partial charge on any atom is -0.383 e. The fourth-order valence-electron chi connectivity index (χ4n) is 0.939. The topological polar surface area (TPSA) is 47.0 Å². The van der Waals surface area contributed by atoms with E-state index in [0.29, 0.717) is 0 Å². The molecule has 0 bridgehead atoms. The van der Waals surface area contributed by atoms with Crippen molar-refractivity contribution in [2.24, 2.45) is 0 Å². The molecule has 0 aliphatic heterocycles. The molecule has 1 rings (SSSR count). The Morgan fingerprint density at radius 3 is 3.21 bits per heavy atom. The van der Waals surface area contributed by atoms with E-state index in [-0.39, 0.29) is 0 Å². The number of nitrogens with zero attached hydrogens (tertiary/aromatic N) is 2. The maximum absolute atomic E-state index is 4.90. The van der Waals surface area contributed by atoms with Crippen molar-refractivity contribution in [2.45, 2.75) is 0 Å². The maximum atomic E-state index is 4.90. The Labute approximate surface area is 84.0 Å². The number of rotatable bonds is 6. The summed E-state index contributed by atoms with van der Waals surface area (Å²) in [6.45, 7) is 2.43. The van der Waals surface area contributed by atoms with E-state index in [1.165, 1.54) is 6.33 Å². The first-order valence-electron chi connectivity index (χ1n) is 4.55. The molecule has 14 heavy (non-hydrogen) atoms. The summed E-state index contributed by atoms with van der Waals surface area (Å²) in [6, 6.07) is 1.87. The van der Waals surface area contributed by atoms with Gasteiger partial charge in [0.25, 0.3) is 0 Å². The van der Waals surface area contributed by atoms with E-state index >= 15 is 0 Å². The van der Waals surface area contributed by atoms with Crippen molar-refractivity contribution >= 4 is 6.08 Å². The quantitative estimate of drug-likeness (QED) is 0.676. The van der Waals surface area contributed by atoms with Crippen LogP contribution in [0.1, 0.15) is 5.69 Å². The van der Waals surface area contributed by atoms with E-state index in [1.54, 1.807) is 13.3 Å². The first kappa shape index (κ1) is 10.8. The van der Waals surface area contributed by atoms with Gasteiger partial charge < -0.3 is 10.1 Å². The van der Waals surface area contributed by atoms with E-state index < -0.39 is 0 Å². The molecular formula is C10H15N3O. The average Bonchev–Trinajstić information content (AvgIpc) is 2.25. The molecule has 4 heteroatoms. The lowest BCUT2D eigenvalue weighted by Gasteiger charge is -1.98. The minimum absolute atomic E-state index is 0.737. The summed E-state index contributed by atoms with van der Waals surface area (Å²) in [5.41, 5.74) is 0.925. The van der Waals surface area contributed by atoms with Gasteiger partial charge in [-0.1, -0.05) is 6.08 Å². The van der Waals surface area contributed by atoms with E-state index in [0.717, 1.165) is 25.4 Å². The van der Waals surface area contributed by atoms with Gasteiger partial charge in [-0.3, -0.25) is 0 Å². The van der Waals surface area contributed by atoms with Gasteiger partial charge in [0.2, 0.25) is 0 Å². The van der Waals surface area contributed by atoms with Crippen LogP contribution in [0, 0.1) is 0 Å². The van der Waals surface area contributed by atoms with E-state index in [1.807, 2.05) is 18.2 Å². The van der Waals surface area contributed by atoms with Crippen LogP contribution in [0.5, 0.6) is 0 Å². The van der Waals surface area contributed by atoms with E-state index in [2.05, 4.69) is 15.3 Å². The Morgan fingerprint density at radius 1 is 1.57 bits per heavy atom. The van der Waals surface area contributed by atoms with Crippen molar-refractivity contribution in [3.63, 3.8) is 0 Å². The second-order valence-electron chi connectivity index (χ2n) is 2.73. The van der Waals surface area contributed by atoms with Gasteiger partial charge >= 0.3 is 0 Å². The van der Waals surface area contributed by atoms with Crippen molar-refractivity contribution < 1.29 is 4.74 Å².